The highest BCUT2D eigenvalue weighted by molar-refractivity contribution is 5.73. The van der Waals surface area contributed by atoms with Crippen molar-refractivity contribution in [2.75, 3.05) is 19.8 Å². The summed E-state index contributed by atoms with van der Waals surface area (Å²) in [6.45, 7) is 18.2. The molecular formula is C35H55NO7. The van der Waals surface area contributed by atoms with Crippen molar-refractivity contribution in [1.29, 1.82) is 0 Å². The fourth-order valence-electron chi connectivity index (χ4n) is 11.4. The minimum atomic E-state index is -0.671. The molecule has 2 bridgehead atoms. The summed E-state index contributed by atoms with van der Waals surface area (Å²) in [5.74, 6) is -0.809. The third-order valence-corrected chi connectivity index (χ3v) is 14.0. The van der Waals surface area contributed by atoms with Gasteiger partial charge in [-0.2, -0.15) is 0 Å². The molecule has 5 aliphatic rings. The summed E-state index contributed by atoms with van der Waals surface area (Å²) in [5.41, 5.74) is 5.22. The maximum Gasteiger partial charge on any atom is 0.307 e. The van der Waals surface area contributed by atoms with E-state index in [-0.39, 0.29) is 58.9 Å². The van der Waals surface area contributed by atoms with E-state index < -0.39 is 34.9 Å². The molecule has 3 saturated carbocycles. The van der Waals surface area contributed by atoms with E-state index in [2.05, 4.69) is 54.5 Å². The Morgan fingerprint density at radius 1 is 1.05 bits per heavy atom. The van der Waals surface area contributed by atoms with Crippen molar-refractivity contribution in [3.63, 3.8) is 0 Å². The molecule has 8 nitrogen and oxygen atoms in total. The number of fused-ring (bicyclic) bond motifs is 3. The second kappa shape index (κ2) is 10.9. The van der Waals surface area contributed by atoms with Crippen LogP contribution in [-0.4, -0.2) is 55.0 Å². The van der Waals surface area contributed by atoms with Crippen molar-refractivity contribution in [1.82, 2.24) is 0 Å². The van der Waals surface area contributed by atoms with E-state index in [1.807, 2.05) is 0 Å². The smallest absolute Gasteiger partial charge is 0.307 e. The van der Waals surface area contributed by atoms with E-state index in [9.17, 15) is 19.5 Å². The summed E-state index contributed by atoms with van der Waals surface area (Å²) in [7, 11) is 0. The highest BCUT2D eigenvalue weighted by Crippen LogP contribution is 2.75. The average molecular weight is 602 g/mol. The Labute approximate surface area is 257 Å². The lowest BCUT2D eigenvalue weighted by Crippen LogP contribution is -2.70. The molecule has 8 heteroatoms. The van der Waals surface area contributed by atoms with E-state index >= 15 is 0 Å². The van der Waals surface area contributed by atoms with Crippen LogP contribution >= 0.6 is 0 Å². The molecule has 11 atom stereocenters. The summed E-state index contributed by atoms with van der Waals surface area (Å²) in [4.78, 5) is 38.4. The maximum atomic E-state index is 13.3. The lowest BCUT2D eigenvalue weighted by Gasteiger charge is -2.71. The Hall–Kier alpha value is -1.93. The number of carbonyl (C=O) groups excluding carboxylic acids is 2. The number of aliphatic carboxylic acids is 1. The topological polar surface area (TPSA) is 125 Å². The Morgan fingerprint density at radius 3 is 2.35 bits per heavy atom. The second-order valence-electron chi connectivity index (χ2n) is 16.1. The second-order valence-corrected chi connectivity index (χ2v) is 16.1. The number of allylic oxidation sites excluding steroid dienone is 1. The van der Waals surface area contributed by atoms with Crippen LogP contribution in [0.3, 0.4) is 0 Å². The summed E-state index contributed by atoms with van der Waals surface area (Å²) < 4.78 is 18.5. The number of hydrogen-bond acceptors (Lipinski definition) is 7. The van der Waals surface area contributed by atoms with Crippen LogP contribution in [-0.2, 0) is 28.6 Å². The molecule has 4 fully saturated rings. The lowest BCUT2D eigenvalue weighted by molar-refractivity contribution is -0.263. The van der Waals surface area contributed by atoms with Crippen LogP contribution in [0.4, 0.5) is 0 Å². The number of carboxylic acid groups (broad SMARTS) is 1. The first-order chi connectivity index (χ1) is 20.0. The highest BCUT2D eigenvalue weighted by Gasteiger charge is 2.72. The van der Waals surface area contributed by atoms with Crippen molar-refractivity contribution in [2.24, 2.45) is 62.4 Å². The molecule has 0 radical (unpaired) electrons. The molecule has 1 unspecified atom stereocenters. The minimum Gasteiger partial charge on any atom is -0.481 e. The van der Waals surface area contributed by atoms with Gasteiger partial charge in [-0.3, -0.25) is 14.4 Å². The van der Waals surface area contributed by atoms with Gasteiger partial charge >= 0.3 is 17.9 Å². The van der Waals surface area contributed by atoms with Crippen LogP contribution in [0, 0.1) is 56.7 Å². The fraction of sp³-hybridized carbons (Fsp3) is 0.857. The molecule has 0 amide bonds. The summed E-state index contributed by atoms with van der Waals surface area (Å²) in [6.07, 6.45) is 6.29. The average Bonchev–Trinajstić information content (AvgIpc) is 2.90. The zero-order valence-corrected chi connectivity index (χ0v) is 27.7. The van der Waals surface area contributed by atoms with Crippen LogP contribution in [0.25, 0.3) is 0 Å². The number of esters is 2. The summed E-state index contributed by atoms with van der Waals surface area (Å²) in [5, 5.41) is 10.9. The number of ether oxygens (including phenoxy) is 3. The van der Waals surface area contributed by atoms with Crippen LogP contribution in [0.5, 0.6) is 0 Å². The molecule has 5 rings (SSSR count). The monoisotopic (exact) mass is 601 g/mol. The fourth-order valence-corrected chi connectivity index (χ4v) is 11.4. The van der Waals surface area contributed by atoms with Crippen molar-refractivity contribution < 1.29 is 33.7 Å². The summed E-state index contributed by atoms with van der Waals surface area (Å²) in [6, 6.07) is 0. The van der Waals surface area contributed by atoms with E-state index in [0.717, 1.165) is 25.7 Å². The first-order valence-electron chi connectivity index (χ1n) is 16.6. The van der Waals surface area contributed by atoms with Gasteiger partial charge in [0, 0.05) is 24.3 Å². The predicted octanol–water partition coefficient (Wildman–Crippen LogP) is 5.77. The van der Waals surface area contributed by atoms with Gasteiger partial charge in [0.05, 0.1) is 25.6 Å². The van der Waals surface area contributed by atoms with Crippen molar-refractivity contribution in [3.05, 3.63) is 11.6 Å². The Kier molecular flexibility index (Phi) is 8.19. The molecule has 1 heterocycles. The third kappa shape index (κ3) is 4.54. The molecule has 242 valence electrons. The van der Waals surface area contributed by atoms with Crippen LogP contribution in [0.15, 0.2) is 11.6 Å². The molecule has 3 N–H and O–H groups in total. The molecule has 0 aromatic carbocycles. The normalized spacial score (nSPS) is 46.0. The largest absolute Gasteiger partial charge is 0.481 e. The van der Waals surface area contributed by atoms with Crippen LogP contribution in [0.2, 0.25) is 0 Å². The number of rotatable bonds is 7. The third-order valence-electron chi connectivity index (χ3n) is 14.0. The van der Waals surface area contributed by atoms with Crippen LogP contribution < -0.4 is 5.73 Å². The first-order valence-corrected chi connectivity index (χ1v) is 16.6. The van der Waals surface area contributed by atoms with Gasteiger partial charge in [0.2, 0.25) is 0 Å². The van der Waals surface area contributed by atoms with Crippen molar-refractivity contribution >= 4 is 17.9 Å². The van der Waals surface area contributed by atoms with Gasteiger partial charge in [-0.1, -0.05) is 60.1 Å². The van der Waals surface area contributed by atoms with Crippen LogP contribution in [0.1, 0.15) is 100 Å². The highest BCUT2D eigenvalue weighted by atomic mass is 16.6. The number of nitrogens with two attached hydrogens (primary N) is 1. The molecule has 1 aliphatic heterocycles. The zero-order valence-electron chi connectivity index (χ0n) is 27.7. The SMILES string of the molecule is CC(=O)O[C@@H]1C[C@]23COC[C@](C)([C@@H]2CC[C@H]2C3=CC[C@@]3(C)[C@H](C(=O)O)[C@@](C)(C(C)C(C)C)CC[C@]23C)[C@H]1OC(=O)CCN. The number of hydrogen-bond donors (Lipinski definition) is 2. The van der Waals surface area contributed by atoms with Crippen molar-refractivity contribution in [3.8, 4) is 0 Å². The Bertz CT molecular complexity index is 1180. The molecule has 0 aromatic rings. The van der Waals surface area contributed by atoms with E-state index in [1.165, 1.54) is 12.5 Å². The van der Waals surface area contributed by atoms with Gasteiger partial charge < -0.3 is 25.1 Å². The molecular weight excluding hydrogens is 546 g/mol. The van der Waals surface area contributed by atoms with Gasteiger partial charge in [0.1, 0.15) is 12.2 Å². The maximum absolute atomic E-state index is 13.3. The number of carboxylic acids is 1. The van der Waals surface area contributed by atoms with Gasteiger partial charge in [0.15, 0.2) is 0 Å². The minimum absolute atomic E-state index is 0.110. The summed E-state index contributed by atoms with van der Waals surface area (Å²) >= 11 is 0. The zero-order chi connectivity index (χ0) is 31.8. The molecule has 1 saturated heterocycles. The lowest BCUT2D eigenvalue weighted by atomic mass is 9.34. The predicted molar refractivity (Wildman–Crippen MR) is 163 cm³/mol. The van der Waals surface area contributed by atoms with E-state index in [0.29, 0.717) is 32.0 Å². The van der Waals surface area contributed by atoms with Gasteiger partial charge in [-0.15, -0.1) is 0 Å². The Morgan fingerprint density at radius 2 is 1.74 bits per heavy atom. The Balaban J connectivity index is 1.60. The number of carbonyl (C=O) groups is 3. The molecule has 0 spiro atoms. The molecule has 4 aliphatic carbocycles. The van der Waals surface area contributed by atoms with E-state index in [1.54, 1.807) is 0 Å². The first kappa shape index (κ1) is 32.5. The van der Waals surface area contributed by atoms with Crippen molar-refractivity contribution in [2.45, 2.75) is 113 Å². The van der Waals surface area contributed by atoms with Gasteiger partial charge in [-0.05, 0) is 78.4 Å². The van der Waals surface area contributed by atoms with Gasteiger partial charge in [-0.25, -0.2) is 0 Å². The molecule has 0 aromatic heterocycles. The quantitative estimate of drug-likeness (QED) is 0.278. The standard InChI is InChI=1S/C35H55NO7/c1-20(2)21(3)31(5)14-15-33(7)23-9-10-26-32(6)18-41-19-35(26,24(23)11-13-34(33,8)28(31)30(39)40)17-25(42-22(4)37)29(32)43-27(38)12-16-36/h11,20-21,23,25-26,28-29H,9-10,12-19,36H2,1-8H3,(H,39,40)/t21?,23-,25+,26-,28+,29-,31+,32+,33+,34-,35+/m0/s1. The van der Waals surface area contributed by atoms with E-state index in [4.69, 9.17) is 19.9 Å². The molecule has 43 heavy (non-hydrogen) atoms. The van der Waals surface area contributed by atoms with Gasteiger partial charge in [0.25, 0.3) is 0 Å².